The molecule has 0 nitrogen and oxygen atoms in total. The van der Waals surface area contributed by atoms with E-state index in [1.54, 1.807) is 0 Å². The van der Waals surface area contributed by atoms with Crippen molar-refractivity contribution >= 4 is 26.9 Å². The Morgan fingerprint density at radius 3 is 1.21 bits per heavy atom. The van der Waals surface area contributed by atoms with Gasteiger partial charge >= 0.3 is 61.2 Å². The first kappa shape index (κ1) is 28.5. The van der Waals surface area contributed by atoms with Gasteiger partial charge in [-0.1, -0.05) is 41.5 Å². The standard InChI is InChI=1S/2C10H17.2BrH.2Pd/c2*1-8(2)10-6-4-9(3)5-7-10;;;;/h2*4,6,8,10H,5,7H2,1-3H3;2*1H;;/q;;;;2*+2/p-2/t2*10-;;;;/m00..../s1. The molecule has 2 rings (SSSR count). The van der Waals surface area contributed by atoms with E-state index in [-0.39, 0.29) is 0 Å². The van der Waals surface area contributed by atoms with Gasteiger partial charge in [-0.15, -0.1) is 0 Å². The monoisotopic (exact) mass is 644 g/mol. The van der Waals surface area contributed by atoms with E-state index < -0.39 is 0 Å². The summed E-state index contributed by atoms with van der Waals surface area (Å²) in [6, 6.07) is 0. The molecule has 0 spiro atoms. The van der Waals surface area contributed by atoms with E-state index in [0.717, 1.165) is 23.7 Å². The molecule has 0 heterocycles. The van der Waals surface area contributed by atoms with Gasteiger partial charge in [-0.2, -0.15) is 0 Å². The van der Waals surface area contributed by atoms with Crippen LogP contribution in [0.25, 0.3) is 0 Å². The topological polar surface area (TPSA) is 0 Å². The Morgan fingerprint density at radius 2 is 1.04 bits per heavy atom. The van der Waals surface area contributed by atoms with E-state index in [9.17, 15) is 0 Å². The van der Waals surface area contributed by atoms with Crippen LogP contribution in [0, 0.1) is 61.2 Å². The Morgan fingerprint density at radius 1 is 0.750 bits per heavy atom. The van der Waals surface area contributed by atoms with Crippen LogP contribution in [-0.4, -0.2) is 0 Å². The molecule has 0 aromatic carbocycles. The molecule has 2 aliphatic rings. The molecule has 4 heteroatoms. The van der Waals surface area contributed by atoms with Gasteiger partial charge in [-0.3, -0.25) is 0 Å². The second-order valence-electron chi connectivity index (χ2n) is 7.30. The third kappa shape index (κ3) is 14.4. The van der Waals surface area contributed by atoms with Gasteiger partial charge in [-0.25, -0.2) is 0 Å². The normalized spacial score (nSPS) is 20.6. The molecule has 0 amide bonds. The molecule has 0 unspecified atom stereocenters. The van der Waals surface area contributed by atoms with Crippen molar-refractivity contribution in [3.05, 3.63) is 37.5 Å². The van der Waals surface area contributed by atoms with E-state index >= 15 is 0 Å². The molecule has 0 aromatic heterocycles. The van der Waals surface area contributed by atoms with Crippen LogP contribution in [-0.2, 0) is 34.4 Å². The van der Waals surface area contributed by atoms with Crippen LogP contribution in [0.5, 0.6) is 0 Å². The van der Waals surface area contributed by atoms with Gasteiger partial charge < -0.3 is 0 Å². The third-order valence-corrected chi connectivity index (χ3v) is 4.71. The Balaban J connectivity index is 0. The fraction of sp³-hybridized carbons (Fsp3) is 0.700. The molecule has 0 N–H and O–H groups in total. The summed E-state index contributed by atoms with van der Waals surface area (Å²) in [7, 11) is 0. The summed E-state index contributed by atoms with van der Waals surface area (Å²) in [6.07, 6.45) is 14.6. The van der Waals surface area contributed by atoms with Crippen molar-refractivity contribution in [3.63, 3.8) is 0 Å². The Kier molecular flexibility index (Phi) is 22.1. The predicted molar refractivity (Wildman–Crippen MR) is 108 cm³/mol. The van der Waals surface area contributed by atoms with Crippen molar-refractivity contribution in [2.24, 2.45) is 23.7 Å². The zero-order valence-electron chi connectivity index (χ0n) is 15.8. The van der Waals surface area contributed by atoms with Gasteiger partial charge in [0.05, 0.1) is 0 Å². The number of halogens is 2. The van der Waals surface area contributed by atoms with Gasteiger partial charge in [0.15, 0.2) is 0 Å². The van der Waals surface area contributed by atoms with E-state index in [1.807, 2.05) is 0 Å². The first-order chi connectivity index (χ1) is 11.4. The van der Waals surface area contributed by atoms with Crippen LogP contribution in [0.1, 0.15) is 67.2 Å². The molecular weight excluding hydrogens is 613 g/mol. The van der Waals surface area contributed by atoms with Crippen LogP contribution >= 0.6 is 26.9 Å². The quantitative estimate of drug-likeness (QED) is 0.269. The predicted octanol–water partition coefficient (Wildman–Crippen LogP) is 7.80. The Labute approximate surface area is 188 Å². The zero-order valence-corrected chi connectivity index (χ0v) is 22.1. The van der Waals surface area contributed by atoms with Gasteiger partial charge in [0.25, 0.3) is 0 Å². The van der Waals surface area contributed by atoms with Gasteiger partial charge in [-0.05, 0) is 86.9 Å². The van der Waals surface area contributed by atoms with E-state index in [1.165, 1.54) is 37.5 Å². The molecule has 24 heavy (non-hydrogen) atoms. The number of rotatable bonds is 2. The average molecular weight is 647 g/mol. The maximum absolute atomic E-state index is 2.79. The SMILES string of the molecule is C[C]1[CH][CH][C@H](C(C)C)CC1.C[C]1[CH][CH][C@H](C(C)C)CC1.[Br][Pd+].[Br][Pd+]. The molecule has 0 saturated heterocycles. The van der Waals surface area contributed by atoms with Gasteiger partial charge in [0.1, 0.15) is 0 Å². The van der Waals surface area contributed by atoms with Crippen LogP contribution < -0.4 is 0 Å². The molecule has 146 valence electrons. The molecule has 0 aromatic rings. The van der Waals surface area contributed by atoms with Gasteiger partial charge in [0.2, 0.25) is 0 Å². The van der Waals surface area contributed by atoms with Crippen LogP contribution in [0.2, 0.25) is 0 Å². The van der Waals surface area contributed by atoms with E-state index in [4.69, 9.17) is 0 Å². The molecular formula is C20H34Br2Pd2+2. The maximum atomic E-state index is 2.79. The first-order valence-electron chi connectivity index (χ1n) is 8.65. The summed E-state index contributed by atoms with van der Waals surface area (Å²) >= 11 is 10.7. The first-order valence-corrected chi connectivity index (χ1v) is 15.8. The zero-order chi connectivity index (χ0) is 19.1. The van der Waals surface area contributed by atoms with Crippen LogP contribution in [0.15, 0.2) is 0 Å². The number of hydrogen-bond acceptors (Lipinski definition) is 0. The molecule has 2 fully saturated rings. The van der Waals surface area contributed by atoms with Crippen molar-refractivity contribution < 1.29 is 34.4 Å². The van der Waals surface area contributed by atoms with Crippen LogP contribution in [0.3, 0.4) is 0 Å². The number of hydrogen-bond donors (Lipinski definition) is 0. The molecule has 2 atom stereocenters. The molecule has 2 saturated carbocycles. The molecule has 0 bridgehead atoms. The minimum atomic E-state index is 0.823. The van der Waals surface area contributed by atoms with Crippen molar-refractivity contribution in [2.45, 2.75) is 67.2 Å². The second kappa shape index (κ2) is 18.6. The fourth-order valence-electron chi connectivity index (χ4n) is 2.83. The summed E-state index contributed by atoms with van der Waals surface area (Å²) in [4.78, 5) is 0. The molecule has 2 aliphatic carbocycles. The van der Waals surface area contributed by atoms with Crippen molar-refractivity contribution in [1.82, 2.24) is 0 Å². The summed E-state index contributed by atoms with van der Waals surface area (Å²) < 4.78 is 0. The summed E-state index contributed by atoms with van der Waals surface area (Å²) in [5.41, 5.74) is 0. The second-order valence-corrected chi connectivity index (χ2v) is 7.30. The molecule has 0 aliphatic heterocycles. The summed E-state index contributed by atoms with van der Waals surface area (Å²) in [5.74, 6) is 6.40. The molecule has 6 radical (unpaired) electrons. The van der Waals surface area contributed by atoms with Crippen molar-refractivity contribution in [2.75, 3.05) is 0 Å². The minimum absolute atomic E-state index is 0.823. The van der Waals surface area contributed by atoms with Crippen molar-refractivity contribution in [3.8, 4) is 0 Å². The fourth-order valence-corrected chi connectivity index (χ4v) is 2.83. The Bertz CT molecular complexity index is 218. The third-order valence-electron chi connectivity index (χ3n) is 4.71. The summed E-state index contributed by atoms with van der Waals surface area (Å²) in [5, 5.41) is 0. The Hall–Kier alpha value is 2.28. The van der Waals surface area contributed by atoms with E-state index in [2.05, 4.69) is 128 Å². The average Bonchev–Trinajstić information content (AvgIpc) is 2.60. The van der Waals surface area contributed by atoms with E-state index in [0.29, 0.717) is 0 Å². The van der Waals surface area contributed by atoms with Gasteiger partial charge in [0, 0.05) is 0 Å². The van der Waals surface area contributed by atoms with Crippen molar-refractivity contribution in [1.29, 1.82) is 0 Å². The summed E-state index contributed by atoms with van der Waals surface area (Å²) in [6.45, 7) is 13.6. The van der Waals surface area contributed by atoms with Crippen LogP contribution in [0.4, 0.5) is 0 Å².